The monoisotopic (exact) mass is 399 g/mol. The number of ether oxygens (including phenoxy) is 2. The van der Waals surface area contributed by atoms with Gasteiger partial charge in [0, 0.05) is 30.9 Å². The Morgan fingerprint density at radius 2 is 1.90 bits per heavy atom. The number of anilines is 2. The van der Waals surface area contributed by atoms with Crippen LogP contribution in [0.15, 0.2) is 36.7 Å². The van der Waals surface area contributed by atoms with E-state index in [-0.39, 0.29) is 23.7 Å². The Balaban J connectivity index is 1.55. The zero-order chi connectivity index (χ0) is 20.6. The van der Waals surface area contributed by atoms with Gasteiger partial charge in [0.25, 0.3) is 5.91 Å². The van der Waals surface area contributed by atoms with Gasteiger partial charge >= 0.3 is 6.09 Å². The van der Waals surface area contributed by atoms with Gasteiger partial charge in [-0.05, 0) is 44.0 Å². The Morgan fingerprint density at radius 1 is 1.17 bits per heavy atom. The number of carbonyl (C=O) groups is 2. The molecule has 0 saturated carbocycles. The first-order valence-electron chi connectivity index (χ1n) is 9.54. The number of benzene rings is 1. The first-order valence-corrected chi connectivity index (χ1v) is 9.54. The van der Waals surface area contributed by atoms with Crippen LogP contribution in [0.3, 0.4) is 0 Å². The average molecular weight is 399 g/mol. The predicted molar refractivity (Wildman–Crippen MR) is 108 cm³/mol. The third-order valence-corrected chi connectivity index (χ3v) is 4.62. The van der Waals surface area contributed by atoms with E-state index in [0.29, 0.717) is 37.0 Å². The third kappa shape index (κ3) is 5.56. The number of methoxy groups -OCH3 is 1. The minimum absolute atomic E-state index is 0.160. The fourth-order valence-electron chi connectivity index (χ4n) is 3.06. The van der Waals surface area contributed by atoms with Crippen molar-refractivity contribution in [2.24, 2.45) is 0 Å². The number of carbonyl (C=O) groups excluding carboxylic acids is 2. The fourth-order valence-corrected chi connectivity index (χ4v) is 3.06. The lowest BCUT2D eigenvalue weighted by atomic mass is 10.1. The fraction of sp³-hybridized carbons (Fsp3) is 0.400. The first-order chi connectivity index (χ1) is 14.1. The van der Waals surface area contributed by atoms with Crippen molar-refractivity contribution in [2.45, 2.75) is 25.8 Å². The lowest BCUT2D eigenvalue weighted by Gasteiger charge is -2.31. The summed E-state index contributed by atoms with van der Waals surface area (Å²) in [5, 5.41) is 6.12. The number of aromatic nitrogens is 2. The molecule has 1 aliphatic heterocycles. The SMILES string of the molecule is CCOC(=O)N1CCC(Nc2cc(C(=O)Nc3ccc(OC)cc3)ncn2)CC1. The molecule has 2 heterocycles. The van der Waals surface area contributed by atoms with E-state index in [0.717, 1.165) is 12.8 Å². The highest BCUT2D eigenvalue weighted by molar-refractivity contribution is 6.03. The van der Waals surface area contributed by atoms with E-state index in [4.69, 9.17) is 9.47 Å². The molecule has 2 N–H and O–H groups in total. The number of nitrogens with one attached hydrogen (secondary N) is 2. The van der Waals surface area contributed by atoms with Gasteiger partial charge in [0.1, 0.15) is 23.6 Å². The van der Waals surface area contributed by atoms with Crippen LogP contribution < -0.4 is 15.4 Å². The largest absolute Gasteiger partial charge is 0.497 e. The number of rotatable bonds is 6. The second kappa shape index (κ2) is 9.72. The quantitative estimate of drug-likeness (QED) is 0.769. The van der Waals surface area contributed by atoms with E-state index in [1.54, 1.807) is 49.3 Å². The lowest BCUT2D eigenvalue weighted by molar-refractivity contribution is 0.0980. The molecule has 0 atom stereocenters. The summed E-state index contributed by atoms with van der Waals surface area (Å²) < 4.78 is 10.1. The lowest BCUT2D eigenvalue weighted by Crippen LogP contribution is -2.42. The zero-order valence-electron chi connectivity index (χ0n) is 16.6. The molecule has 1 aliphatic rings. The Labute approximate surface area is 169 Å². The number of amides is 2. The minimum Gasteiger partial charge on any atom is -0.497 e. The summed E-state index contributed by atoms with van der Waals surface area (Å²) >= 11 is 0. The van der Waals surface area contributed by atoms with Crippen molar-refractivity contribution in [3.63, 3.8) is 0 Å². The third-order valence-electron chi connectivity index (χ3n) is 4.62. The molecule has 0 aliphatic carbocycles. The van der Waals surface area contributed by atoms with Gasteiger partial charge in [-0.2, -0.15) is 0 Å². The smallest absolute Gasteiger partial charge is 0.409 e. The Kier molecular flexibility index (Phi) is 6.83. The summed E-state index contributed by atoms with van der Waals surface area (Å²) in [6.45, 7) is 3.40. The van der Waals surface area contributed by atoms with Crippen molar-refractivity contribution in [3.05, 3.63) is 42.4 Å². The number of hydrogen-bond acceptors (Lipinski definition) is 7. The molecule has 1 saturated heterocycles. The molecule has 1 fully saturated rings. The number of likely N-dealkylation sites (tertiary alicyclic amines) is 1. The van der Waals surface area contributed by atoms with Crippen LogP contribution >= 0.6 is 0 Å². The van der Waals surface area contributed by atoms with Crippen LogP contribution in [-0.4, -0.2) is 59.7 Å². The van der Waals surface area contributed by atoms with Crippen molar-refractivity contribution >= 4 is 23.5 Å². The molecule has 1 aromatic heterocycles. The van der Waals surface area contributed by atoms with E-state index in [1.807, 2.05) is 0 Å². The molecule has 0 unspecified atom stereocenters. The molecule has 9 nitrogen and oxygen atoms in total. The van der Waals surface area contributed by atoms with Gasteiger partial charge in [-0.1, -0.05) is 0 Å². The normalized spacial score (nSPS) is 14.2. The molecule has 0 spiro atoms. The molecule has 0 radical (unpaired) electrons. The molecular weight excluding hydrogens is 374 g/mol. The maximum atomic E-state index is 12.5. The van der Waals surface area contributed by atoms with Crippen molar-refractivity contribution < 1.29 is 19.1 Å². The summed E-state index contributed by atoms with van der Waals surface area (Å²) in [7, 11) is 1.59. The van der Waals surface area contributed by atoms with E-state index in [1.165, 1.54) is 6.33 Å². The molecular formula is C20H25N5O4. The number of nitrogens with zero attached hydrogens (tertiary/aromatic N) is 3. The van der Waals surface area contributed by atoms with Crippen molar-refractivity contribution in [1.82, 2.24) is 14.9 Å². The minimum atomic E-state index is -0.322. The second-order valence-corrected chi connectivity index (χ2v) is 6.58. The maximum Gasteiger partial charge on any atom is 0.409 e. The van der Waals surface area contributed by atoms with Crippen LogP contribution in [0, 0.1) is 0 Å². The van der Waals surface area contributed by atoms with Gasteiger partial charge < -0.3 is 25.0 Å². The van der Waals surface area contributed by atoms with Crippen LogP contribution in [0.1, 0.15) is 30.3 Å². The Morgan fingerprint density at radius 3 is 2.55 bits per heavy atom. The van der Waals surface area contributed by atoms with Crippen molar-refractivity contribution in [2.75, 3.05) is 37.4 Å². The average Bonchev–Trinajstić information content (AvgIpc) is 2.75. The molecule has 2 aromatic rings. The molecule has 0 bridgehead atoms. The van der Waals surface area contributed by atoms with E-state index < -0.39 is 0 Å². The number of piperidine rings is 1. The summed E-state index contributed by atoms with van der Waals surface area (Å²) in [6, 6.07) is 8.84. The topological polar surface area (TPSA) is 106 Å². The van der Waals surface area contributed by atoms with E-state index in [9.17, 15) is 9.59 Å². The predicted octanol–water partition coefficient (Wildman–Crippen LogP) is 2.77. The molecule has 154 valence electrons. The molecule has 1 aromatic carbocycles. The van der Waals surface area contributed by atoms with Gasteiger partial charge in [-0.3, -0.25) is 4.79 Å². The van der Waals surface area contributed by atoms with E-state index >= 15 is 0 Å². The van der Waals surface area contributed by atoms with Gasteiger partial charge in [0.15, 0.2) is 0 Å². The molecule has 2 amide bonds. The van der Waals surface area contributed by atoms with Crippen LogP contribution in [0.4, 0.5) is 16.3 Å². The number of hydrogen-bond donors (Lipinski definition) is 2. The molecule has 29 heavy (non-hydrogen) atoms. The summed E-state index contributed by atoms with van der Waals surface area (Å²) in [5.41, 5.74) is 0.914. The van der Waals surface area contributed by atoms with Gasteiger partial charge in [-0.25, -0.2) is 14.8 Å². The maximum absolute atomic E-state index is 12.5. The highest BCUT2D eigenvalue weighted by Gasteiger charge is 2.23. The van der Waals surface area contributed by atoms with Crippen LogP contribution in [0.25, 0.3) is 0 Å². The zero-order valence-corrected chi connectivity index (χ0v) is 16.6. The standard InChI is InChI=1S/C20H25N5O4/c1-3-29-20(27)25-10-8-15(9-11-25)23-18-12-17(21-13-22-18)19(26)24-14-4-6-16(28-2)7-5-14/h4-7,12-13,15H,3,8-11H2,1-2H3,(H,24,26)(H,21,22,23). The van der Waals surface area contributed by atoms with Crippen LogP contribution in [-0.2, 0) is 4.74 Å². The summed E-state index contributed by atoms with van der Waals surface area (Å²) in [5.74, 6) is 0.970. The van der Waals surface area contributed by atoms with Gasteiger partial charge in [0.05, 0.1) is 13.7 Å². The van der Waals surface area contributed by atoms with Crippen molar-refractivity contribution in [1.29, 1.82) is 0 Å². The van der Waals surface area contributed by atoms with Crippen molar-refractivity contribution in [3.8, 4) is 5.75 Å². The highest BCUT2D eigenvalue weighted by Crippen LogP contribution is 2.18. The molecule has 3 rings (SSSR count). The molecule has 9 heteroatoms. The van der Waals surface area contributed by atoms with Crippen LogP contribution in [0.5, 0.6) is 5.75 Å². The Hall–Kier alpha value is -3.36. The van der Waals surface area contributed by atoms with E-state index in [2.05, 4.69) is 20.6 Å². The summed E-state index contributed by atoms with van der Waals surface area (Å²) in [4.78, 5) is 34.2. The second-order valence-electron chi connectivity index (χ2n) is 6.58. The van der Waals surface area contributed by atoms with Gasteiger partial charge in [-0.15, -0.1) is 0 Å². The van der Waals surface area contributed by atoms with Gasteiger partial charge in [0.2, 0.25) is 0 Å². The first kappa shape index (κ1) is 20.4. The van der Waals surface area contributed by atoms with Crippen LogP contribution in [0.2, 0.25) is 0 Å². The Bertz CT molecular complexity index is 835. The highest BCUT2D eigenvalue weighted by atomic mass is 16.6. The summed E-state index contributed by atoms with van der Waals surface area (Å²) in [6.07, 6.45) is 2.64.